The number of imidazole rings is 1. The second-order valence-electron chi connectivity index (χ2n) is 10.9. The number of hydrogen-bond acceptors (Lipinski definition) is 6. The van der Waals surface area contributed by atoms with Crippen LogP contribution in [0.15, 0.2) is 61.2 Å². The highest BCUT2D eigenvalue weighted by Crippen LogP contribution is 2.29. The summed E-state index contributed by atoms with van der Waals surface area (Å²) >= 11 is 0. The highest BCUT2D eigenvalue weighted by Gasteiger charge is 2.31. The quantitative estimate of drug-likeness (QED) is 0.203. The van der Waals surface area contributed by atoms with Gasteiger partial charge in [-0.05, 0) is 79.8 Å². The Hall–Kier alpha value is -4.02. The lowest BCUT2D eigenvalue weighted by atomic mass is 10.0. The van der Waals surface area contributed by atoms with Crippen LogP contribution in [0.25, 0.3) is 16.8 Å². The first-order chi connectivity index (χ1) is 19.7. The molecule has 1 atom stereocenters. The van der Waals surface area contributed by atoms with Crippen LogP contribution < -0.4 is 10.6 Å². The first-order valence-electron chi connectivity index (χ1n) is 13.7. The minimum Gasteiger partial charge on any atom is -0.371 e. The minimum atomic E-state index is -0.555. The van der Waals surface area contributed by atoms with E-state index in [1.807, 2.05) is 32.0 Å². The number of halogens is 2. The van der Waals surface area contributed by atoms with Crippen LogP contribution in [0, 0.1) is 5.82 Å². The number of carbonyl (C=O) groups is 2. The van der Waals surface area contributed by atoms with E-state index < -0.39 is 12.5 Å². The number of ketones is 1. The first kappa shape index (κ1) is 28.5. The van der Waals surface area contributed by atoms with Crippen molar-refractivity contribution >= 4 is 17.3 Å². The number of nitrogens with zero attached hydrogens (tertiary/aromatic N) is 3. The molecular formula is C31H33F2N5O3. The molecule has 10 heteroatoms. The Kier molecular flexibility index (Phi) is 8.51. The van der Waals surface area contributed by atoms with E-state index in [4.69, 9.17) is 4.74 Å². The van der Waals surface area contributed by atoms with E-state index >= 15 is 0 Å². The number of alkyl halides is 1. The summed E-state index contributed by atoms with van der Waals surface area (Å²) in [7, 11) is 0. The van der Waals surface area contributed by atoms with Gasteiger partial charge in [0.2, 0.25) is 0 Å². The van der Waals surface area contributed by atoms with Gasteiger partial charge < -0.3 is 15.4 Å². The number of pyridine rings is 2. The van der Waals surface area contributed by atoms with Gasteiger partial charge in [-0.1, -0.05) is 0 Å². The van der Waals surface area contributed by atoms with Crippen molar-refractivity contribution < 1.29 is 23.1 Å². The molecule has 1 aliphatic heterocycles. The molecule has 1 amide bonds. The molecule has 1 saturated heterocycles. The molecule has 0 saturated carbocycles. The molecule has 1 aromatic carbocycles. The van der Waals surface area contributed by atoms with Gasteiger partial charge in [0, 0.05) is 55.8 Å². The molecular weight excluding hydrogens is 528 g/mol. The Balaban J connectivity index is 1.27. The predicted octanol–water partition coefficient (Wildman–Crippen LogP) is 4.71. The molecule has 0 unspecified atom stereocenters. The molecule has 0 bridgehead atoms. The van der Waals surface area contributed by atoms with Crippen LogP contribution in [0.3, 0.4) is 0 Å². The normalized spacial score (nSPS) is 16.2. The third kappa shape index (κ3) is 6.83. The SMILES string of the molecule is CC1(C)CC[C@@H](CNC(=O)c2ccc(F)c(CC(=O)c3cnc4cc(-c5cncc(CNCCF)c5)ccn34)c2)O1. The molecule has 5 rings (SSSR count). The number of rotatable bonds is 11. The van der Waals surface area contributed by atoms with Crippen molar-refractivity contribution in [2.75, 3.05) is 19.8 Å². The summed E-state index contributed by atoms with van der Waals surface area (Å²) in [6.07, 6.45) is 8.16. The number of Topliss-reactive ketones (excluding diaryl/α,β-unsaturated/α-hetero) is 1. The summed E-state index contributed by atoms with van der Waals surface area (Å²) in [6.45, 7) is 4.75. The van der Waals surface area contributed by atoms with Crippen LogP contribution in [0.5, 0.6) is 0 Å². The number of hydrogen-bond donors (Lipinski definition) is 2. The summed E-state index contributed by atoms with van der Waals surface area (Å²) < 4.78 is 34.6. The molecule has 1 fully saturated rings. The van der Waals surface area contributed by atoms with Gasteiger partial charge in [-0.2, -0.15) is 0 Å². The smallest absolute Gasteiger partial charge is 0.251 e. The zero-order valence-corrected chi connectivity index (χ0v) is 23.1. The van der Waals surface area contributed by atoms with Crippen LogP contribution in [0.4, 0.5) is 8.78 Å². The highest BCUT2D eigenvalue weighted by molar-refractivity contribution is 5.98. The van der Waals surface area contributed by atoms with Crippen molar-refractivity contribution in [2.24, 2.45) is 0 Å². The highest BCUT2D eigenvalue weighted by atomic mass is 19.1. The largest absolute Gasteiger partial charge is 0.371 e. The molecule has 2 N–H and O–H groups in total. The second-order valence-corrected chi connectivity index (χ2v) is 10.9. The molecule has 41 heavy (non-hydrogen) atoms. The molecule has 0 radical (unpaired) electrons. The molecule has 4 aromatic rings. The Morgan fingerprint density at radius 3 is 2.76 bits per heavy atom. The monoisotopic (exact) mass is 561 g/mol. The Morgan fingerprint density at radius 1 is 1.12 bits per heavy atom. The summed E-state index contributed by atoms with van der Waals surface area (Å²) in [6, 6.07) is 9.70. The third-order valence-electron chi connectivity index (χ3n) is 7.23. The fourth-order valence-electron chi connectivity index (χ4n) is 5.05. The summed E-state index contributed by atoms with van der Waals surface area (Å²) in [5.74, 6) is -1.22. The lowest BCUT2D eigenvalue weighted by Gasteiger charge is -2.19. The van der Waals surface area contributed by atoms with E-state index in [0.717, 1.165) is 29.5 Å². The van der Waals surface area contributed by atoms with Crippen molar-refractivity contribution in [3.05, 3.63) is 89.4 Å². The van der Waals surface area contributed by atoms with Gasteiger partial charge in [-0.3, -0.25) is 19.0 Å². The Morgan fingerprint density at radius 2 is 1.98 bits per heavy atom. The lowest BCUT2D eigenvalue weighted by Crippen LogP contribution is -2.33. The van der Waals surface area contributed by atoms with Gasteiger partial charge in [-0.25, -0.2) is 13.8 Å². The van der Waals surface area contributed by atoms with Crippen molar-refractivity contribution in [2.45, 2.75) is 51.4 Å². The number of fused-ring (bicyclic) bond motifs is 1. The third-order valence-corrected chi connectivity index (χ3v) is 7.23. The fourth-order valence-corrected chi connectivity index (χ4v) is 5.05. The van der Waals surface area contributed by atoms with Crippen LogP contribution in [0.2, 0.25) is 0 Å². The standard InChI is InChI=1S/C31H33F2N5O3/c1-31(2)7-5-25(41-31)18-37-30(40)22-3-4-26(33)23(12-22)13-28(39)27-19-36-29-14-21(6-10-38(27)29)24-11-20(16-35-17-24)15-34-9-8-32/h3-4,6,10-12,14,16-17,19,25,34H,5,7-9,13,15,18H2,1-2H3,(H,37,40)/t25-/m0/s1. The average molecular weight is 562 g/mol. The molecule has 0 spiro atoms. The van der Waals surface area contributed by atoms with E-state index in [0.29, 0.717) is 24.4 Å². The molecule has 1 aliphatic rings. The van der Waals surface area contributed by atoms with Crippen molar-refractivity contribution in [3.63, 3.8) is 0 Å². The zero-order valence-electron chi connectivity index (χ0n) is 23.1. The summed E-state index contributed by atoms with van der Waals surface area (Å²) in [4.78, 5) is 34.6. The predicted molar refractivity (Wildman–Crippen MR) is 151 cm³/mol. The van der Waals surface area contributed by atoms with E-state index in [1.165, 1.54) is 24.4 Å². The summed E-state index contributed by atoms with van der Waals surface area (Å²) in [5.41, 5.74) is 3.73. The number of ether oxygens (including phenoxy) is 1. The summed E-state index contributed by atoms with van der Waals surface area (Å²) in [5, 5.41) is 5.86. The second kappa shape index (κ2) is 12.2. The minimum absolute atomic E-state index is 0.0595. The van der Waals surface area contributed by atoms with Crippen molar-refractivity contribution in [1.82, 2.24) is 25.0 Å². The van der Waals surface area contributed by atoms with E-state index in [-0.39, 0.29) is 47.5 Å². The lowest BCUT2D eigenvalue weighted by molar-refractivity contribution is -0.0138. The topological polar surface area (TPSA) is 97.6 Å². The van der Waals surface area contributed by atoms with Crippen molar-refractivity contribution in [1.29, 1.82) is 0 Å². The molecule has 8 nitrogen and oxygen atoms in total. The van der Waals surface area contributed by atoms with E-state index in [2.05, 4.69) is 20.6 Å². The van der Waals surface area contributed by atoms with Crippen LogP contribution in [-0.2, 0) is 17.7 Å². The van der Waals surface area contributed by atoms with E-state index in [9.17, 15) is 18.4 Å². The van der Waals surface area contributed by atoms with Gasteiger partial charge in [0.15, 0.2) is 5.78 Å². The van der Waals surface area contributed by atoms with Gasteiger partial charge >= 0.3 is 0 Å². The van der Waals surface area contributed by atoms with Crippen LogP contribution >= 0.6 is 0 Å². The van der Waals surface area contributed by atoms with Crippen LogP contribution in [0.1, 0.15) is 58.7 Å². The van der Waals surface area contributed by atoms with Crippen LogP contribution in [-0.4, -0.2) is 57.5 Å². The van der Waals surface area contributed by atoms with Gasteiger partial charge in [0.25, 0.3) is 5.91 Å². The van der Waals surface area contributed by atoms with Crippen molar-refractivity contribution in [3.8, 4) is 11.1 Å². The van der Waals surface area contributed by atoms with Gasteiger partial charge in [0.05, 0.1) is 17.9 Å². The van der Waals surface area contributed by atoms with E-state index in [1.54, 1.807) is 23.0 Å². The molecule has 4 heterocycles. The maximum Gasteiger partial charge on any atom is 0.251 e. The number of amides is 1. The number of benzene rings is 1. The zero-order chi connectivity index (χ0) is 29.0. The molecule has 3 aromatic heterocycles. The number of nitrogens with one attached hydrogen (secondary N) is 2. The van der Waals surface area contributed by atoms with Gasteiger partial charge in [-0.15, -0.1) is 0 Å². The van der Waals surface area contributed by atoms with Gasteiger partial charge in [0.1, 0.15) is 23.8 Å². The maximum absolute atomic E-state index is 14.7. The Labute approximate surface area is 237 Å². The number of carbonyl (C=O) groups excluding carboxylic acids is 2. The fraction of sp³-hybridized carbons (Fsp3) is 0.355. The molecule has 214 valence electrons. The first-order valence-corrected chi connectivity index (χ1v) is 13.7. The average Bonchev–Trinajstić information content (AvgIpc) is 3.55. The maximum atomic E-state index is 14.7. The Bertz CT molecular complexity index is 1570. The molecule has 0 aliphatic carbocycles. The number of aromatic nitrogens is 3.